The SMILES string of the molecule is N=NC(O)C(=O)Nc1ccc(Cl)cc1. The van der Waals surface area contributed by atoms with Gasteiger partial charge in [0.05, 0.1) is 0 Å². The van der Waals surface area contributed by atoms with Gasteiger partial charge in [-0.05, 0) is 24.3 Å². The second-order valence-corrected chi connectivity index (χ2v) is 2.94. The molecule has 0 saturated heterocycles. The third-order valence-corrected chi connectivity index (χ3v) is 1.72. The third-order valence-electron chi connectivity index (χ3n) is 1.47. The predicted molar refractivity (Wildman–Crippen MR) is 51.2 cm³/mol. The van der Waals surface area contributed by atoms with Crippen LogP contribution >= 0.6 is 11.6 Å². The van der Waals surface area contributed by atoms with Gasteiger partial charge in [0.15, 0.2) is 0 Å². The molecular weight excluding hydrogens is 206 g/mol. The van der Waals surface area contributed by atoms with Crippen LogP contribution in [-0.2, 0) is 4.79 Å². The Hall–Kier alpha value is -1.46. The van der Waals surface area contributed by atoms with E-state index in [1.807, 2.05) is 0 Å². The van der Waals surface area contributed by atoms with Crippen molar-refractivity contribution in [3.63, 3.8) is 0 Å². The molecule has 3 N–H and O–H groups in total. The van der Waals surface area contributed by atoms with E-state index in [1.54, 1.807) is 24.3 Å². The number of hydrogen-bond donors (Lipinski definition) is 3. The lowest BCUT2D eigenvalue weighted by molar-refractivity contribution is -0.123. The molecule has 1 aromatic rings. The van der Waals surface area contributed by atoms with Crippen molar-refractivity contribution in [2.24, 2.45) is 5.11 Å². The van der Waals surface area contributed by atoms with Crippen LogP contribution in [0.4, 0.5) is 5.69 Å². The quantitative estimate of drug-likeness (QED) is 0.667. The highest BCUT2D eigenvalue weighted by Gasteiger charge is 2.12. The van der Waals surface area contributed by atoms with Crippen LogP contribution in [0.15, 0.2) is 29.4 Å². The molecule has 0 heterocycles. The van der Waals surface area contributed by atoms with Crippen LogP contribution in [0.2, 0.25) is 5.02 Å². The summed E-state index contributed by atoms with van der Waals surface area (Å²) in [5.41, 5.74) is 6.92. The number of carbonyl (C=O) groups excluding carboxylic acids is 1. The first kappa shape index (κ1) is 10.6. The Kier molecular flexibility index (Phi) is 3.55. The van der Waals surface area contributed by atoms with Crippen molar-refractivity contribution in [2.75, 3.05) is 5.32 Å². The number of carbonyl (C=O) groups is 1. The van der Waals surface area contributed by atoms with Gasteiger partial charge in [-0.3, -0.25) is 4.79 Å². The lowest BCUT2D eigenvalue weighted by atomic mass is 10.3. The molecule has 1 atom stereocenters. The predicted octanol–water partition coefficient (Wildman–Crippen LogP) is 1.63. The van der Waals surface area contributed by atoms with Crippen LogP contribution in [0.3, 0.4) is 0 Å². The second kappa shape index (κ2) is 4.69. The Morgan fingerprint density at radius 2 is 2.07 bits per heavy atom. The Morgan fingerprint density at radius 3 is 2.57 bits per heavy atom. The van der Waals surface area contributed by atoms with Crippen LogP contribution in [0.5, 0.6) is 0 Å². The zero-order valence-electron chi connectivity index (χ0n) is 7.07. The summed E-state index contributed by atoms with van der Waals surface area (Å²) in [6, 6.07) is 6.36. The molecule has 14 heavy (non-hydrogen) atoms. The van der Waals surface area contributed by atoms with Crippen LogP contribution in [0, 0.1) is 5.53 Å². The minimum atomic E-state index is -1.66. The van der Waals surface area contributed by atoms with E-state index in [2.05, 4.69) is 10.4 Å². The van der Waals surface area contributed by atoms with Crippen LogP contribution in [0.25, 0.3) is 0 Å². The molecule has 1 unspecified atom stereocenters. The summed E-state index contributed by atoms with van der Waals surface area (Å²) < 4.78 is 0. The van der Waals surface area contributed by atoms with Crippen LogP contribution < -0.4 is 5.32 Å². The van der Waals surface area contributed by atoms with E-state index in [-0.39, 0.29) is 0 Å². The van der Waals surface area contributed by atoms with Gasteiger partial charge in [-0.2, -0.15) is 5.11 Å². The van der Waals surface area contributed by atoms with Crippen molar-refractivity contribution in [3.8, 4) is 0 Å². The zero-order chi connectivity index (χ0) is 10.6. The van der Waals surface area contributed by atoms with E-state index in [9.17, 15) is 4.79 Å². The maximum atomic E-state index is 11.0. The van der Waals surface area contributed by atoms with E-state index in [0.717, 1.165) is 0 Å². The number of rotatable bonds is 3. The van der Waals surface area contributed by atoms with E-state index in [0.29, 0.717) is 10.7 Å². The molecule has 0 bridgehead atoms. The fourth-order valence-corrected chi connectivity index (χ4v) is 0.925. The number of aliphatic hydroxyl groups is 1. The summed E-state index contributed by atoms with van der Waals surface area (Å²) >= 11 is 5.63. The number of aliphatic hydroxyl groups excluding tert-OH is 1. The Balaban J connectivity index is 2.65. The minimum Gasteiger partial charge on any atom is -0.363 e. The van der Waals surface area contributed by atoms with Crippen molar-refractivity contribution in [1.29, 1.82) is 5.53 Å². The highest BCUT2D eigenvalue weighted by atomic mass is 35.5. The van der Waals surface area contributed by atoms with E-state index in [1.165, 1.54) is 0 Å². The average Bonchev–Trinajstić information content (AvgIpc) is 2.20. The first-order valence-corrected chi connectivity index (χ1v) is 4.12. The van der Waals surface area contributed by atoms with Gasteiger partial charge in [-0.1, -0.05) is 11.6 Å². The minimum absolute atomic E-state index is 0.488. The van der Waals surface area contributed by atoms with Crippen molar-refractivity contribution >= 4 is 23.2 Å². The van der Waals surface area contributed by atoms with E-state index < -0.39 is 12.1 Å². The van der Waals surface area contributed by atoms with Crippen molar-refractivity contribution in [2.45, 2.75) is 6.23 Å². The van der Waals surface area contributed by atoms with Gasteiger partial charge in [0.1, 0.15) is 0 Å². The number of anilines is 1. The Bertz CT molecular complexity index is 339. The number of halogens is 1. The molecule has 0 aliphatic heterocycles. The smallest absolute Gasteiger partial charge is 0.278 e. The summed E-state index contributed by atoms with van der Waals surface area (Å²) in [6.07, 6.45) is -1.66. The molecule has 0 spiro atoms. The number of nitrogens with one attached hydrogen (secondary N) is 2. The molecule has 74 valence electrons. The van der Waals surface area contributed by atoms with Gasteiger partial charge in [-0.25, -0.2) is 5.53 Å². The highest BCUT2D eigenvalue weighted by molar-refractivity contribution is 6.30. The number of hydrogen-bond acceptors (Lipinski definition) is 4. The summed E-state index contributed by atoms with van der Waals surface area (Å²) in [6.45, 7) is 0. The lowest BCUT2D eigenvalue weighted by Crippen LogP contribution is -2.25. The van der Waals surface area contributed by atoms with E-state index in [4.69, 9.17) is 22.2 Å². The van der Waals surface area contributed by atoms with Crippen molar-refractivity contribution in [1.82, 2.24) is 0 Å². The number of nitrogens with zero attached hydrogens (tertiary/aromatic N) is 1. The van der Waals surface area contributed by atoms with Crippen molar-refractivity contribution in [3.05, 3.63) is 29.3 Å². The zero-order valence-corrected chi connectivity index (χ0v) is 7.82. The normalized spacial score (nSPS) is 11.9. The van der Waals surface area contributed by atoms with E-state index >= 15 is 0 Å². The van der Waals surface area contributed by atoms with Gasteiger partial charge >= 0.3 is 0 Å². The molecule has 0 aromatic heterocycles. The van der Waals surface area contributed by atoms with Gasteiger partial charge in [0.25, 0.3) is 5.91 Å². The van der Waals surface area contributed by atoms with Gasteiger partial charge in [0.2, 0.25) is 6.23 Å². The third kappa shape index (κ3) is 2.79. The highest BCUT2D eigenvalue weighted by Crippen LogP contribution is 2.13. The summed E-state index contributed by atoms with van der Waals surface area (Å²) in [7, 11) is 0. The topological polar surface area (TPSA) is 85.5 Å². The molecule has 1 rings (SSSR count). The lowest BCUT2D eigenvalue weighted by Gasteiger charge is -2.05. The summed E-state index contributed by atoms with van der Waals surface area (Å²) in [4.78, 5) is 11.0. The first-order valence-electron chi connectivity index (χ1n) is 3.74. The second-order valence-electron chi connectivity index (χ2n) is 2.50. The number of amides is 1. The van der Waals surface area contributed by atoms with Crippen LogP contribution in [-0.4, -0.2) is 17.2 Å². The Morgan fingerprint density at radius 1 is 1.50 bits per heavy atom. The molecule has 1 amide bonds. The molecule has 6 heteroatoms. The molecule has 5 nitrogen and oxygen atoms in total. The van der Waals surface area contributed by atoms with Crippen molar-refractivity contribution < 1.29 is 9.90 Å². The maximum absolute atomic E-state index is 11.0. The van der Waals surface area contributed by atoms with Gasteiger partial charge in [0, 0.05) is 10.7 Å². The molecule has 0 saturated carbocycles. The molecular formula is C8H8ClN3O2. The molecule has 0 radical (unpaired) electrons. The summed E-state index contributed by atoms with van der Waals surface area (Å²) in [5.74, 6) is -0.748. The monoisotopic (exact) mass is 213 g/mol. The standard InChI is InChI=1S/C8H8ClN3O2/c9-5-1-3-6(4-2-5)11-7(13)8(14)12-10/h1-4,8,10,14H,(H,11,13). The van der Waals surface area contributed by atoms with Gasteiger partial charge in [-0.15, -0.1) is 0 Å². The van der Waals surface area contributed by atoms with Crippen LogP contribution in [0.1, 0.15) is 0 Å². The molecule has 0 fully saturated rings. The summed E-state index contributed by atoms with van der Waals surface area (Å²) in [5, 5.41) is 14.4. The molecule has 1 aromatic carbocycles. The fourth-order valence-electron chi connectivity index (χ4n) is 0.799. The van der Waals surface area contributed by atoms with Gasteiger partial charge < -0.3 is 10.4 Å². The Labute approximate surface area is 85.2 Å². The maximum Gasteiger partial charge on any atom is 0.278 e. The fraction of sp³-hybridized carbons (Fsp3) is 0.125. The first-order chi connectivity index (χ1) is 6.63. The largest absolute Gasteiger partial charge is 0.363 e. The molecule has 0 aliphatic rings. The molecule has 0 aliphatic carbocycles. The number of benzene rings is 1. The average molecular weight is 214 g/mol.